The van der Waals surface area contributed by atoms with E-state index in [1.165, 1.54) is 12.5 Å². The van der Waals surface area contributed by atoms with Gasteiger partial charge in [-0.1, -0.05) is 53.2 Å². The Hall–Kier alpha value is -1.35. The summed E-state index contributed by atoms with van der Waals surface area (Å²) in [5.74, 6) is -0.342. The van der Waals surface area contributed by atoms with E-state index in [9.17, 15) is 50.8 Å². The fourth-order valence-corrected chi connectivity index (χ4v) is 14.5. The normalized spacial score (nSPS) is 55.1. The van der Waals surface area contributed by atoms with Gasteiger partial charge < -0.3 is 74.4 Å². The average Bonchev–Trinajstić information content (AvgIpc) is 3.21. The number of carbonyl (C=O) groups is 1. The molecule has 0 aromatic heterocycles. The maximum absolute atomic E-state index is 13.1. The lowest BCUT2D eigenvalue weighted by Crippen LogP contribution is -2.67. The molecular formula is C46H74O16. The zero-order valence-corrected chi connectivity index (χ0v) is 37.5. The number of aliphatic hydroxyl groups excluding tert-OH is 8. The summed E-state index contributed by atoms with van der Waals surface area (Å²) >= 11 is 0. The number of fused-ring (bicyclic) bond motifs is 7. The molecule has 0 unspecified atom stereocenters. The lowest BCUT2D eigenvalue weighted by atomic mass is 9.33. The second-order valence-corrected chi connectivity index (χ2v) is 22.4. The first kappa shape index (κ1) is 47.2. The van der Waals surface area contributed by atoms with Crippen LogP contribution in [0.4, 0.5) is 0 Å². The lowest BCUT2D eigenvalue weighted by Gasteiger charge is -2.71. The van der Waals surface area contributed by atoms with Gasteiger partial charge in [-0.2, -0.15) is 0 Å². The van der Waals surface area contributed by atoms with Gasteiger partial charge in [0, 0.05) is 5.41 Å². The van der Waals surface area contributed by atoms with Gasteiger partial charge in [0.2, 0.25) is 0 Å². The highest BCUT2D eigenvalue weighted by Gasteiger charge is 2.70. The predicted molar refractivity (Wildman–Crippen MR) is 219 cm³/mol. The molecule has 0 aromatic rings. The zero-order chi connectivity index (χ0) is 45.1. The van der Waals surface area contributed by atoms with E-state index in [0.29, 0.717) is 19.3 Å². The first-order valence-corrected chi connectivity index (χ1v) is 23.1. The van der Waals surface area contributed by atoms with Crippen LogP contribution in [-0.4, -0.2) is 158 Å². The minimum atomic E-state index is -1.73. The van der Waals surface area contributed by atoms with E-state index in [0.717, 1.165) is 44.9 Å². The van der Waals surface area contributed by atoms with Gasteiger partial charge in [-0.15, -0.1) is 0 Å². The number of ether oxygens (including phenoxy) is 6. The Balaban J connectivity index is 1.02. The van der Waals surface area contributed by atoms with Crippen molar-refractivity contribution in [3.05, 3.63) is 11.6 Å². The third-order valence-electron chi connectivity index (χ3n) is 18.7. The van der Waals surface area contributed by atoms with Gasteiger partial charge >= 0.3 is 5.97 Å². The molecule has 0 amide bonds. The summed E-state index contributed by atoms with van der Waals surface area (Å²) in [5.41, 5.74) is -0.519. The van der Waals surface area contributed by atoms with Crippen molar-refractivity contribution in [3.8, 4) is 0 Å². The molecule has 16 heteroatoms. The van der Waals surface area contributed by atoms with Gasteiger partial charge in [0.1, 0.15) is 54.9 Å². The quantitative estimate of drug-likeness (QED) is 0.125. The summed E-state index contributed by atoms with van der Waals surface area (Å²) in [6.45, 7) is 14.5. The maximum atomic E-state index is 13.1. The molecule has 7 fully saturated rings. The van der Waals surface area contributed by atoms with Gasteiger partial charge in [0.15, 0.2) is 18.9 Å². The van der Waals surface area contributed by atoms with Crippen molar-refractivity contribution in [2.45, 2.75) is 199 Å². The second-order valence-electron chi connectivity index (χ2n) is 22.4. The molecule has 0 spiro atoms. The standard InChI is InChI=1S/C46H74O16/c1-22-30(50)35(61-37-33(53)31(51)25(48)19-57-37)34(54)38(59-22)62-36-32(52)26(49)20-58-39(36)60-29-11-12-42(4)27(43(29,5)21-47)10-13-45(7)28(42)9-8-23-24-18-41(2,3)14-16-46(24,40(55)56)17-15-44(23,45)6/h8,22,24-39,47-54H,9-21H2,1-7H3,(H,55,56)/t22-,24+,25-,26-,27-,28+,29-,30+,31-,32-,33-,34+,35+,36-,37-,38-,39+,42+,43+,44-,45-,46+/m1/s1. The Morgan fingerprint density at radius 3 is 2.03 bits per heavy atom. The minimum absolute atomic E-state index is 0.00631. The molecular weight excluding hydrogens is 808 g/mol. The van der Waals surface area contributed by atoms with E-state index in [4.69, 9.17) is 28.4 Å². The molecule has 0 bridgehead atoms. The SMILES string of the molecule is C[C@H]1O[C@H](O[C@H]2[C@H](O[C@@H]3CC[C@@]4(C)[C@@H](CC[C@]5(C)[C@H]4CC=C4[C@@H]6CC(C)(C)CC[C@]6(C(=O)O)CC[C@]45C)[C@]3(C)CO)OC[C@@H](O)[C@H]2O)[C@@H](O)[C@@H](O[C@H]2OC[C@@H](O)[C@@H](O)[C@H]2O)[C@H]1O. The topological polar surface area (TPSA) is 255 Å². The van der Waals surface area contributed by atoms with E-state index in [1.54, 1.807) is 0 Å². The Morgan fingerprint density at radius 2 is 1.35 bits per heavy atom. The van der Waals surface area contributed by atoms with Crippen molar-refractivity contribution >= 4 is 5.97 Å². The zero-order valence-electron chi connectivity index (χ0n) is 37.5. The van der Waals surface area contributed by atoms with Crippen LogP contribution in [0.15, 0.2) is 11.6 Å². The molecule has 3 aliphatic heterocycles. The third kappa shape index (κ3) is 7.19. The molecule has 8 aliphatic rings. The first-order chi connectivity index (χ1) is 29.0. The molecule has 9 N–H and O–H groups in total. The lowest BCUT2D eigenvalue weighted by molar-refractivity contribution is -0.379. The number of hydrogen-bond acceptors (Lipinski definition) is 15. The number of allylic oxidation sites excluding steroid dienone is 2. The average molecular weight is 883 g/mol. The fraction of sp³-hybridized carbons (Fsp3) is 0.935. The fourth-order valence-electron chi connectivity index (χ4n) is 14.5. The summed E-state index contributed by atoms with van der Waals surface area (Å²) < 4.78 is 36.0. The summed E-state index contributed by atoms with van der Waals surface area (Å²) in [6, 6.07) is 0. The van der Waals surface area contributed by atoms with Crippen LogP contribution in [-0.2, 0) is 33.2 Å². The highest BCUT2D eigenvalue weighted by molar-refractivity contribution is 5.76. The number of carboxylic acid groups (broad SMARTS) is 1. The summed E-state index contributed by atoms with van der Waals surface area (Å²) in [6.07, 6.45) is -9.19. The molecule has 0 aromatic carbocycles. The van der Waals surface area contributed by atoms with Crippen LogP contribution >= 0.6 is 0 Å². The highest BCUT2D eigenvalue weighted by Crippen LogP contribution is 2.76. The Kier molecular flexibility index (Phi) is 12.5. The minimum Gasteiger partial charge on any atom is -0.481 e. The number of rotatable bonds is 8. The van der Waals surface area contributed by atoms with Gasteiger partial charge in [-0.3, -0.25) is 4.79 Å². The molecule has 62 heavy (non-hydrogen) atoms. The molecule has 3 heterocycles. The van der Waals surface area contributed by atoms with Crippen molar-refractivity contribution in [1.29, 1.82) is 0 Å². The highest BCUT2D eigenvalue weighted by atomic mass is 16.8. The maximum Gasteiger partial charge on any atom is 0.310 e. The number of hydrogen-bond donors (Lipinski definition) is 9. The van der Waals surface area contributed by atoms with E-state index in [2.05, 4.69) is 47.6 Å². The molecule has 8 rings (SSSR count). The number of aliphatic carboxylic acids is 1. The van der Waals surface area contributed by atoms with Gasteiger partial charge in [-0.25, -0.2) is 0 Å². The molecule has 354 valence electrons. The monoisotopic (exact) mass is 882 g/mol. The molecule has 0 radical (unpaired) electrons. The Morgan fingerprint density at radius 1 is 0.710 bits per heavy atom. The van der Waals surface area contributed by atoms with Crippen LogP contribution < -0.4 is 0 Å². The molecule has 3 saturated heterocycles. The van der Waals surface area contributed by atoms with Gasteiger partial charge in [-0.05, 0) is 111 Å². The largest absolute Gasteiger partial charge is 0.481 e. The molecule has 16 nitrogen and oxygen atoms in total. The first-order valence-electron chi connectivity index (χ1n) is 23.1. The molecule has 5 aliphatic carbocycles. The van der Waals surface area contributed by atoms with Crippen molar-refractivity contribution < 1.29 is 79.2 Å². The van der Waals surface area contributed by atoms with Gasteiger partial charge in [0.25, 0.3) is 0 Å². The second kappa shape index (κ2) is 16.5. The van der Waals surface area contributed by atoms with Crippen molar-refractivity contribution in [2.75, 3.05) is 19.8 Å². The van der Waals surface area contributed by atoms with Crippen LogP contribution in [0.1, 0.15) is 113 Å². The Labute approximate surface area is 364 Å². The predicted octanol–water partition coefficient (Wildman–Crippen LogP) is 1.98. The van der Waals surface area contributed by atoms with Gasteiger partial charge in [0.05, 0.1) is 37.4 Å². The van der Waals surface area contributed by atoms with Crippen molar-refractivity contribution in [3.63, 3.8) is 0 Å². The van der Waals surface area contributed by atoms with Crippen LogP contribution in [0.3, 0.4) is 0 Å². The van der Waals surface area contributed by atoms with Crippen molar-refractivity contribution in [2.24, 2.45) is 50.2 Å². The third-order valence-corrected chi connectivity index (χ3v) is 18.7. The van der Waals surface area contributed by atoms with Crippen LogP contribution in [0.2, 0.25) is 0 Å². The van der Waals surface area contributed by atoms with E-state index in [-0.39, 0.29) is 59.2 Å². The molecule has 4 saturated carbocycles. The number of carboxylic acids is 1. The van der Waals surface area contributed by atoms with E-state index in [1.807, 2.05) is 0 Å². The van der Waals surface area contributed by atoms with Crippen LogP contribution in [0.5, 0.6) is 0 Å². The summed E-state index contributed by atoms with van der Waals surface area (Å²) in [4.78, 5) is 13.1. The number of aliphatic hydroxyl groups is 8. The van der Waals surface area contributed by atoms with E-state index < -0.39 is 103 Å². The van der Waals surface area contributed by atoms with Crippen LogP contribution in [0.25, 0.3) is 0 Å². The van der Waals surface area contributed by atoms with E-state index >= 15 is 0 Å². The van der Waals surface area contributed by atoms with Crippen LogP contribution in [0, 0.1) is 50.2 Å². The summed E-state index contributed by atoms with van der Waals surface area (Å²) in [7, 11) is 0. The summed E-state index contributed by atoms with van der Waals surface area (Å²) in [5, 5.41) is 97.4. The Bertz CT molecular complexity index is 1690. The molecule has 22 atom stereocenters. The van der Waals surface area contributed by atoms with Crippen molar-refractivity contribution in [1.82, 2.24) is 0 Å². The smallest absolute Gasteiger partial charge is 0.310 e.